The topological polar surface area (TPSA) is 99.9 Å². The van der Waals surface area contributed by atoms with Crippen molar-refractivity contribution in [2.45, 2.75) is 32.6 Å². The van der Waals surface area contributed by atoms with E-state index in [2.05, 4.69) is 62.8 Å². The zero-order valence-electron chi connectivity index (χ0n) is 23.8. The first-order valence-electron chi connectivity index (χ1n) is 14.2. The van der Waals surface area contributed by atoms with E-state index in [1.165, 1.54) is 12.8 Å². The van der Waals surface area contributed by atoms with Gasteiger partial charge in [0.2, 0.25) is 11.8 Å². The minimum absolute atomic E-state index is 0.305. The van der Waals surface area contributed by atoms with Gasteiger partial charge in [0.1, 0.15) is 0 Å². The molecule has 40 heavy (non-hydrogen) atoms. The monoisotopic (exact) mass is 542 g/mol. The summed E-state index contributed by atoms with van der Waals surface area (Å²) in [4.78, 5) is 27.3. The highest BCUT2D eigenvalue weighted by Gasteiger charge is 2.36. The lowest BCUT2D eigenvalue weighted by atomic mass is 9.97. The van der Waals surface area contributed by atoms with E-state index in [1.807, 2.05) is 14.0 Å². The number of nitrogens with one attached hydrogen (secondary N) is 2. The van der Waals surface area contributed by atoms with Gasteiger partial charge in [0.25, 0.3) is 5.91 Å². The van der Waals surface area contributed by atoms with E-state index in [0.717, 1.165) is 60.8 Å². The fourth-order valence-electron chi connectivity index (χ4n) is 5.64. The molecule has 3 aliphatic rings. The molecule has 2 aliphatic heterocycles. The smallest absolute Gasteiger partial charge is 0.280 e. The summed E-state index contributed by atoms with van der Waals surface area (Å²) in [6.45, 7) is 5.09. The van der Waals surface area contributed by atoms with Crippen molar-refractivity contribution in [3.63, 3.8) is 0 Å². The molecule has 0 unspecified atom stereocenters. The number of fused-ring (bicyclic) bond motifs is 7. The molecule has 1 aromatic carbocycles. The second kappa shape index (κ2) is 10.9. The van der Waals surface area contributed by atoms with Crippen molar-refractivity contribution in [3.05, 3.63) is 47.8 Å². The van der Waals surface area contributed by atoms with E-state index in [0.29, 0.717) is 41.5 Å². The second-order valence-corrected chi connectivity index (χ2v) is 11.4. The molecule has 2 bridgehead atoms. The molecule has 10 nitrogen and oxygen atoms in total. The summed E-state index contributed by atoms with van der Waals surface area (Å²) >= 11 is 0. The molecule has 1 aliphatic carbocycles. The lowest BCUT2D eigenvalue weighted by Gasteiger charge is -2.25. The lowest BCUT2D eigenvalue weighted by molar-refractivity contribution is 0.100. The quantitative estimate of drug-likeness (QED) is 0.490. The van der Waals surface area contributed by atoms with E-state index < -0.39 is 0 Å². The number of ether oxygens (including phenoxy) is 1. The Kier molecular flexibility index (Phi) is 7.18. The summed E-state index contributed by atoms with van der Waals surface area (Å²) in [5.41, 5.74) is 5.73. The maximum Gasteiger partial charge on any atom is 0.280 e. The van der Waals surface area contributed by atoms with Crippen molar-refractivity contribution in [3.8, 4) is 17.1 Å². The number of carbonyl (C=O) groups excluding carboxylic acids is 1. The number of pyridine rings is 1. The summed E-state index contributed by atoms with van der Waals surface area (Å²) in [7, 11) is 6.00. The molecule has 2 N–H and O–H groups in total. The standard InChI is InChI=1S/C30H38N8O2/c1-19-14-22-15-25(33-19)24-17-32-37(4)29(24)40-13-5-6-21(20-7-8-20)18-38-27-10-9-23(31-11-12-36(2)3)16-26(27)34-30(38)35-28(22)39/h9-10,14-17,20-21,31H,5-8,11-13,18H2,1-4H3,(H,34,35,39)/t21-/m1/s1. The summed E-state index contributed by atoms with van der Waals surface area (Å²) in [5, 5.41) is 11.4. The van der Waals surface area contributed by atoms with E-state index in [-0.39, 0.29) is 5.91 Å². The van der Waals surface area contributed by atoms with Gasteiger partial charge >= 0.3 is 0 Å². The molecule has 0 saturated heterocycles. The third-order valence-corrected chi connectivity index (χ3v) is 7.91. The Morgan fingerprint density at radius 1 is 1.15 bits per heavy atom. The Morgan fingerprint density at radius 2 is 2.00 bits per heavy atom. The van der Waals surface area contributed by atoms with E-state index >= 15 is 0 Å². The first-order chi connectivity index (χ1) is 19.4. The van der Waals surface area contributed by atoms with Crippen LogP contribution in [-0.4, -0.2) is 71.9 Å². The number of aliphatic imine (C=N–C) groups is 1. The van der Waals surface area contributed by atoms with Crippen molar-refractivity contribution >= 4 is 28.9 Å². The predicted molar refractivity (Wildman–Crippen MR) is 158 cm³/mol. The van der Waals surface area contributed by atoms with Crippen LogP contribution in [0.2, 0.25) is 0 Å². The van der Waals surface area contributed by atoms with Crippen molar-refractivity contribution < 1.29 is 9.53 Å². The van der Waals surface area contributed by atoms with E-state index in [4.69, 9.17) is 9.72 Å². The summed E-state index contributed by atoms with van der Waals surface area (Å²) in [5.74, 6) is 2.13. The number of carbonyl (C=O) groups is 1. The molecule has 1 saturated carbocycles. The molecule has 10 heteroatoms. The highest BCUT2D eigenvalue weighted by molar-refractivity contribution is 6.19. The number of guanidine groups is 1. The molecule has 6 rings (SSSR count). The molecule has 4 heterocycles. The number of hydrogen-bond acceptors (Lipinski definition) is 8. The maximum absolute atomic E-state index is 13.6. The third kappa shape index (κ3) is 5.54. The average molecular weight is 543 g/mol. The highest BCUT2D eigenvalue weighted by atomic mass is 16.5. The Bertz CT molecular complexity index is 1440. The Morgan fingerprint density at radius 3 is 2.80 bits per heavy atom. The van der Waals surface area contributed by atoms with Gasteiger partial charge in [0.05, 0.1) is 35.4 Å². The van der Waals surface area contributed by atoms with Crippen molar-refractivity contribution in [2.24, 2.45) is 23.9 Å². The van der Waals surface area contributed by atoms with Gasteiger partial charge in [-0.25, -0.2) is 4.68 Å². The molecule has 1 fully saturated rings. The Hall–Kier alpha value is -3.92. The normalized spacial score (nSPS) is 20.3. The fraction of sp³-hybridized carbons (Fsp3) is 0.467. The molecule has 1 amide bonds. The zero-order chi connectivity index (χ0) is 27.8. The number of benzene rings is 1. The minimum Gasteiger partial charge on any atom is -0.477 e. The number of anilines is 3. The van der Waals surface area contributed by atoms with Gasteiger partial charge in [0.15, 0.2) is 0 Å². The van der Waals surface area contributed by atoms with Crippen LogP contribution in [-0.2, 0) is 7.05 Å². The van der Waals surface area contributed by atoms with Crippen LogP contribution in [0.25, 0.3) is 11.3 Å². The first kappa shape index (κ1) is 26.3. The number of amides is 1. The molecule has 2 aromatic heterocycles. The van der Waals surface area contributed by atoms with Crippen molar-refractivity contribution in [1.82, 2.24) is 19.7 Å². The lowest BCUT2D eigenvalue weighted by Crippen LogP contribution is -2.36. The summed E-state index contributed by atoms with van der Waals surface area (Å²) < 4.78 is 8.00. The van der Waals surface area contributed by atoms with Gasteiger partial charge in [-0.1, -0.05) is 0 Å². The number of aromatic nitrogens is 3. The van der Waals surface area contributed by atoms with E-state index in [1.54, 1.807) is 23.0 Å². The van der Waals surface area contributed by atoms with Crippen LogP contribution >= 0.6 is 0 Å². The molecule has 1 atom stereocenters. The zero-order valence-corrected chi connectivity index (χ0v) is 23.8. The van der Waals surface area contributed by atoms with Gasteiger partial charge < -0.3 is 25.2 Å². The second-order valence-electron chi connectivity index (χ2n) is 11.4. The predicted octanol–water partition coefficient (Wildman–Crippen LogP) is 4.39. The first-order valence-corrected chi connectivity index (χ1v) is 14.2. The highest BCUT2D eigenvalue weighted by Crippen LogP contribution is 2.43. The van der Waals surface area contributed by atoms with Crippen molar-refractivity contribution in [2.75, 3.05) is 55.9 Å². The number of aryl methyl sites for hydroxylation is 2. The van der Waals surface area contributed by atoms with Crippen molar-refractivity contribution in [1.29, 1.82) is 0 Å². The van der Waals surface area contributed by atoms with Crippen LogP contribution in [0.5, 0.6) is 5.88 Å². The molecular weight excluding hydrogens is 504 g/mol. The molecular formula is C30H38N8O2. The van der Waals surface area contributed by atoms with Crippen LogP contribution in [0.1, 0.15) is 41.7 Å². The molecule has 0 spiro atoms. The van der Waals surface area contributed by atoms with Gasteiger partial charge in [-0.3, -0.25) is 9.78 Å². The van der Waals surface area contributed by atoms with Crippen LogP contribution in [0.4, 0.5) is 17.1 Å². The van der Waals surface area contributed by atoms with Gasteiger partial charge in [-0.2, -0.15) is 10.1 Å². The summed E-state index contributed by atoms with van der Waals surface area (Å²) in [6, 6.07) is 9.93. The fourth-order valence-corrected chi connectivity index (χ4v) is 5.64. The average Bonchev–Trinajstić information content (AvgIpc) is 3.62. The summed E-state index contributed by atoms with van der Waals surface area (Å²) in [6.07, 6.45) is 6.24. The Balaban J connectivity index is 1.37. The van der Waals surface area contributed by atoms with Crippen LogP contribution in [0.3, 0.4) is 0 Å². The number of likely N-dealkylation sites (N-methyl/N-ethyl adjacent to an activating group) is 1. The maximum atomic E-state index is 13.6. The number of nitrogens with zero attached hydrogens (tertiary/aromatic N) is 6. The van der Waals surface area contributed by atoms with Crippen LogP contribution < -0.4 is 20.3 Å². The van der Waals surface area contributed by atoms with Crippen LogP contribution in [0.15, 0.2) is 41.5 Å². The molecule has 0 radical (unpaired) electrons. The largest absolute Gasteiger partial charge is 0.477 e. The van der Waals surface area contributed by atoms with E-state index in [9.17, 15) is 4.79 Å². The van der Waals surface area contributed by atoms with Crippen LogP contribution in [0, 0.1) is 18.8 Å². The molecule has 3 aromatic rings. The Labute approximate surface area is 235 Å². The number of rotatable bonds is 5. The van der Waals surface area contributed by atoms with Gasteiger partial charge in [0, 0.05) is 43.6 Å². The van der Waals surface area contributed by atoms with Gasteiger partial charge in [-0.15, -0.1) is 0 Å². The van der Waals surface area contributed by atoms with Gasteiger partial charge in [-0.05, 0) is 88.9 Å². The molecule has 210 valence electrons. The number of hydrogen-bond donors (Lipinski definition) is 2. The third-order valence-electron chi connectivity index (χ3n) is 7.91. The SMILES string of the molecule is Cc1cc2cc(n1)-c1cnn(C)c1OCCC[C@@H](C1CC1)CN1/C(=N/C2=O)Nc2cc(NCCN(C)C)ccc21. The minimum atomic E-state index is -0.305.